The fourth-order valence-corrected chi connectivity index (χ4v) is 3.64. The lowest BCUT2D eigenvalue weighted by atomic mass is 9.82. The van der Waals surface area contributed by atoms with Gasteiger partial charge in [0.05, 0.1) is 11.1 Å². The first kappa shape index (κ1) is 17.9. The molecule has 2 aromatic carbocycles. The number of fused-ring (bicyclic) bond motifs is 2. The minimum absolute atomic E-state index is 0.0493. The molecule has 0 amide bonds. The second-order valence-corrected chi connectivity index (χ2v) is 7.16. The van der Waals surface area contributed by atoms with Gasteiger partial charge in [0.15, 0.2) is 5.78 Å². The molecule has 2 N–H and O–H groups in total. The molecule has 4 rings (SSSR count). The van der Waals surface area contributed by atoms with Crippen LogP contribution in [0.1, 0.15) is 37.4 Å². The van der Waals surface area contributed by atoms with E-state index in [2.05, 4.69) is 6.08 Å². The van der Waals surface area contributed by atoms with Crippen molar-refractivity contribution >= 4 is 11.6 Å². The quantitative estimate of drug-likeness (QED) is 0.731. The molecule has 1 aliphatic carbocycles. The summed E-state index contributed by atoms with van der Waals surface area (Å²) in [7, 11) is 3.96. The third-order valence-electron chi connectivity index (χ3n) is 5.06. The third kappa shape index (κ3) is 2.83. The number of phenolic OH excluding ortho intramolecular Hbond substituents is 2. The molecule has 0 spiro atoms. The maximum absolute atomic E-state index is 12.9. The molecule has 2 aromatic rings. The van der Waals surface area contributed by atoms with Crippen LogP contribution >= 0.6 is 0 Å². The number of carbonyl (C=O) groups excluding carboxylic acids is 2. The Balaban J connectivity index is 1.68. The van der Waals surface area contributed by atoms with Crippen molar-refractivity contribution in [2.24, 2.45) is 0 Å². The molecule has 0 bridgehead atoms. The zero-order valence-corrected chi connectivity index (χ0v) is 15.6. The Bertz CT molecular complexity index is 1070. The van der Waals surface area contributed by atoms with Gasteiger partial charge in [-0.2, -0.15) is 0 Å². The van der Waals surface area contributed by atoms with Crippen molar-refractivity contribution in [3.8, 4) is 11.5 Å². The fourth-order valence-electron chi connectivity index (χ4n) is 3.64. The van der Waals surface area contributed by atoms with Crippen LogP contribution in [0.15, 0.2) is 54.4 Å². The van der Waals surface area contributed by atoms with Crippen molar-refractivity contribution in [2.45, 2.75) is 6.54 Å². The summed E-state index contributed by atoms with van der Waals surface area (Å²) in [5.74, 6) is -1.41. The second kappa shape index (κ2) is 6.56. The van der Waals surface area contributed by atoms with E-state index in [1.807, 2.05) is 36.2 Å². The van der Waals surface area contributed by atoms with E-state index >= 15 is 0 Å². The smallest absolute Gasteiger partial charge is 0.201 e. The summed E-state index contributed by atoms with van der Waals surface area (Å²) in [4.78, 5) is 29.8. The van der Waals surface area contributed by atoms with Crippen LogP contribution in [0.3, 0.4) is 0 Å². The average molecular weight is 376 g/mol. The molecule has 1 heterocycles. The summed E-state index contributed by atoms with van der Waals surface area (Å²) in [6.07, 6.45) is 6.05. The molecule has 0 saturated carbocycles. The summed E-state index contributed by atoms with van der Waals surface area (Å²) in [5, 5.41) is 20.5. The fraction of sp³-hybridized carbons (Fsp3) is 0.182. The molecule has 0 atom stereocenters. The highest BCUT2D eigenvalue weighted by molar-refractivity contribution is 6.30. The SMILES string of the molecule is CN(C)C1=CCN(Cc2cc(O)c3c(c2)C(=O)c2cccc(O)c2C3=O)C=C1. The van der Waals surface area contributed by atoms with Crippen molar-refractivity contribution in [1.29, 1.82) is 0 Å². The predicted molar refractivity (Wildman–Crippen MR) is 104 cm³/mol. The van der Waals surface area contributed by atoms with Gasteiger partial charge in [0.25, 0.3) is 0 Å². The number of carbonyl (C=O) groups is 2. The van der Waals surface area contributed by atoms with Crippen LogP contribution in [0, 0.1) is 0 Å². The Kier molecular flexibility index (Phi) is 4.19. The Morgan fingerprint density at radius 1 is 1.00 bits per heavy atom. The number of phenols is 2. The van der Waals surface area contributed by atoms with E-state index < -0.39 is 5.78 Å². The first-order chi connectivity index (χ1) is 13.4. The lowest BCUT2D eigenvalue weighted by Gasteiger charge is -2.26. The van der Waals surface area contributed by atoms with Crippen molar-refractivity contribution < 1.29 is 19.8 Å². The van der Waals surface area contributed by atoms with Gasteiger partial charge in [-0.15, -0.1) is 0 Å². The number of benzene rings is 2. The maximum atomic E-state index is 12.9. The lowest BCUT2D eigenvalue weighted by molar-refractivity contribution is 0.0974. The molecule has 6 heteroatoms. The maximum Gasteiger partial charge on any atom is 0.201 e. The van der Waals surface area contributed by atoms with Gasteiger partial charge in [0, 0.05) is 50.2 Å². The molecule has 0 fully saturated rings. The number of rotatable bonds is 3. The summed E-state index contributed by atoms with van der Waals surface area (Å²) in [5.41, 5.74) is 2.07. The molecule has 6 nitrogen and oxygen atoms in total. The normalized spacial score (nSPS) is 15.2. The van der Waals surface area contributed by atoms with Gasteiger partial charge in [-0.05, 0) is 35.9 Å². The van der Waals surface area contributed by atoms with E-state index in [9.17, 15) is 19.8 Å². The number of allylic oxidation sites excluding steroid dienone is 1. The van der Waals surface area contributed by atoms with Crippen LogP contribution < -0.4 is 0 Å². The standard InChI is InChI=1S/C22H20N2O4/c1-23(2)14-6-8-24(9-7-14)12-13-10-16-20(18(26)11-13)22(28)19-15(21(16)27)4-3-5-17(19)25/h3-8,10-11,25-26H,9,12H2,1-2H3. The van der Waals surface area contributed by atoms with Gasteiger partial charge in [-0.25, -0.2) is 0 Å². The third-order valence-corrected chi connectivity index (χ3v) is 5.06. The van der Waals surface area contributed by atoms with Crippen molar-refractivity contribution in [1.82, 2.24) is 9.80 Å². The molecule has 0 saturated heterocycles. The van der Waals surface area contributed by atoms with E-state index in [-0.39, 0.29) is 39.5 Å². The predicted octanol–water partition coefficient (Wildman–Crippen LogP) is 2.65. The zero-order chi connectivity index (χ0) is 20.0. The number of hydrogen-bond acceptors (Lipinski definition) is 6. The molecule has 142 valence electrons. The topological polar surface area (TPSA) is 81.1 Å². The minimum atomic E-state index is -0.539. The number of nitrogens with zero attached hydrogens (tertiary/aromatic N) is 2. The average Bonchev–Trinajstić information content (AvgIpc) is 2.66. The van der Waals surface area contributed by atoms with E-state index in [4.69, 9.17) is 0 Å². The highest BCUT2D eigenvalue weighted by Gasteiger charge is 2.34. The van der Waals surface area contributed by atoms with Gasteiger partial charge in [-0.1, -0.05) is 12.1 Å². The molecule has 0 aromatic heterocycles. The summed E-state index contributed by atoms with van der Waals surface area (Å²) >= 11 is 0. The number of hydrogen-bond donors (Lipinski definition) is 2. The zero-order valence-electron chi connectivity index (χ0n) is 15.6. The lowest BCUT2D eigenvalue weighted by Crippen LogP contribution is -2.24. The van der Waals surface area contributed by atoms with Gasteiger partial charge < -0.3 is 20.0 Å². The summed E-state index contributed by atoms with van der Waals surface area (Å²) in [6.45, 7) is 1.19. The minimum Gasteiger partial charge on any atom is -0.507 e. The Morgan fingerprint density at radius 3 is 2.43 bits per heavy atom. The van der Waals surface area contributed by atoms with E-state index in [0.29, 0.717) is 13.1 Å². The highest BCUT2D eigenvalue weighted by Crippen LogP contribution is 2.37. The first-order valence-electron chi connectivity index (χ1n) is 8.94. The molecule has 0 radical (unpaired) electrons. The van der Waals surface area contributed by atoms with Gasteiger partial charge in [0.1, 0.15) is 11.5 Å². The largest absolute Gasteiger partial charge is 0.507 e. The molecule has 0 unspecified atom stereocenters. The van der Waals surface area contributed by atoms with Crippen LogP contribution in [-0.4, -0.2) is 52.2 Å². The monoisotopic (exact) mass is 376 g/mol. The summed E-state index contributed by atoms with van der Waals surface area (Å²) < 4.78 is 0. The van der Waals surface area contributed by atoms with Crippen LogP contribution in [0.2, 0.25) is 0 Å². The number of ketones is 2. The molecular weight excluding hydrogens is 356 g/mol. The van der Waals surface area contributed by atoms with Gasteiger partial charge in [-0.3, -0.25) is 9.59 Å². The van der Waals surface area contributed by atoms with E-state index in [1.54, 1.807) is 6.07 Å². The summed E-state index contributed by atoms with van der Waals surface area (Å²) in [6, 6.07) is 7.57. The highest BCUT2D eigenvalue weighted by atomic mass is 16.3. The Hall–Kier alpha value is -3.54. The van der Waals surface area contributed by atoms with Crippen LogP contribution in [0.25, 0.3) is 0 Å². The Labute approximate surface area is 162 Å². The van der Waals surface area contributed by atoms with Crippen LogP contribution in [0.4, 0.5) is 0 Å². The number of likely N-dealkylation sites (N-methyl/N-ethyl adjacent to an activating group) is 1. The van der Waals surface area contributed by atoms with Crippen molar-refractivity contribution in [3.05, 3.63) is 82.2 Å². The van der Waals surface area contributed by atoms with Gasteiger partial charge in [0.2, 0.25) is 5.78 Å². The van der Waals surface area contributed by atoms with Crippen molar-refractivity contribution in [3.63, 3.8) is 0 Å². The van der Waals surface area contributed by atoms with Crippen LogP contribution in [0.5, 0.6) is 11.5 Å². The number of aromatic hydroxyl groups is 2. The van der Waals surface area contributed by atoms with Gasteiger partial charge >= 0.3 is 0 Å². The first-order valence-corrected chi connectivity index (χ1v) is 8.94. The van der Waals surface area contributed by atoms with Crippen LogP contribution in [-0.2, 0) is 6.54 Å². The van der Waals surface area contributed by atoms with Crippen molar-refractivity contribution in [2.75, 3.05) is 20.6 Å². The Morgan fingerprint density at radius 2 is 1.75 bits per heavy atom. The molecule has 2 aliphatic rings. The molecule has 1 aliphatic heterocycles. The molecular formula is C22H20N2O4. The van der Waals surface area contributed by atoms with E-state index in [1.165, 1.54) is 24.3 Å². The molecule has 28 heavy (non-hydrogen) atoms. The second-order valence-electron chi connectivity index (χ2n) is 7.16. The van der Waals surface area contributed by atoms with E-state index in [0.717, 1.165) is 11.3 Å².